The van der Waals surface area contributed by atoms with Gasteiger partial charge in [-0.3, -0.25) is 9.48 Å². The first-order valence-electron chi connectivity index (χ1n) is 12.8. The van der Waals surface area contributed by atoms with Crippen molar-refractivity contribution in [1.29, 1.82) is 0 Å². The van der Waals surface area contributed by atoms with Gasteiger partial charge in [-0.2, -0.15) is 5.10 Å². The molecular formula is C29H29N5O. The zero-order valence-corrected chi connectivity index (χ0v) is 19.7. The number of nitrogens with one attached hydrogen (secondary N) is 1. The molecule has 1 amide bonds. The van der Waals surface area contributed by atoms with Gasteiger partial charge in [0.05, 0.1) is 24.0 Å². The molecule has 0 saturated heterocycles. The highest BCUT2D eigenvalue weighted by Crippen LogP contribution is 2.41. The lowest BCUT2D eigenvalue weighted by molar-refractivity contribution is 0.0957. The summed E-state index contributed by atoms with van der Waals surface area (Å²) < 4.78 is 3.89. The second kappa shape index (κ2) is 8.22. The lowest BCUT2D eigenvalue weighted by Crippen LogP contribution is -2.26. The third-order valence-electron chi connectivity index (χ3n) is 7.57. The quantitative estimate of drug-likeness (QED) is 0.538. The molecule has 6 nitrogen and oxygen atoms in total. The zero-order chi connectivity index (χ0) is 23.4. The van der Waals surface area contributed by atoms with Crippen LogP contribution in [0.3, 0.4) is 0 Å². The number of imidazole rings is 1. The first kappa shape index (κ1) is 20.7. The summed E-state index contributed by atoms with van der Waals surface area (Å²) in [4.78, 5) is 17.6. The largest absolute Gasteiger partial charge is 0.348 e. The molecule has 3 aromatic heterocycles. The molecule has 0 spiro atoms. The minimum atomic E-state index is -0.0953. The van der Waals surface area contributed by atoms with Crippen LogP contribution in [0.1, 0.15) is 59.6 Å². The van der Waals surface area contributed by atoms with Crippen LogP contribution in [0.4, 0.5) is 0 Å². The fourth-order valence-electron chi connectivity index (χ4n) is 5.22. The molecule has 4 aliphatic rings. The Labute approximate surface area is 204 Å². The Morgan fingerprint density at radius 1 is 1.03 bits per heavy atom. The molecule has 0 radical (unpaired) electrons. The van der Waals surface area contributed by atoms with Crippen LogP contribution in [0.2, 0.25) is 0 Å². The Morgan fingerprint density at radius 2 is 1.89 bits per heavy atom. The number of pyridine rings is 1. The number of fused-ring (bicyclic) bond motifs is 3. The molecule has 7 rings (SSSR count). The van der Waals surface area contributed by atoms with Gasteiger partial charge >= 0.3 is 0 Å². The summed E-state index contributed by atoms with van der Waals surface area (Å²) in [6.45, 7) is 1.07. The molecule has 0 aromatic carbocycles. The van der Waals surface area contributed by atoms with E-state index < -0.39 is 0 Å². The standard InChI is InChI=1S/C29H29N5O/c35-29(30-13-23-4-2-19-1-3-22(20-5-6-20)12-25(23)11-19)26-14-31-34(16-26)18-27-17-33-15-24(21-7-8-21)9-10-28(33)32-27/h1-4,9-10,12,14-17,19-21H,5-8,11,13,18H2,(H,30,35). The van der Waals surface area contributed by atoms with E-state index in [0.717, 1.165) is 29.6 Å². The predicted molar refractivity (Wildman–Crippen MR) is 135 cm³/mol. The number of carbonyl (C=O) groups excluding carboxylic acids is 1. The summed E-state index contributed by atoms with van der Waals surface area (Å²) in [5.41, 5.74) is 7.85. The van der Waals surface area contributed by atoms with Gasteiger partial charge in [-0.1, -0.05) is 36.4 Å². The Balaban J connectivity index is 1.02. The maximum absolute atomic E-state index is 12.9. The highest BCUT2D eigenvalue weighted by atomic mass is 16.1. The Hall–Kier alpha value is -3.67. The molecule has 3 heterocycles. The minimum Gasteiger partial charge on any atom is -0.348 e. The summed E-state index contributed by atoms with van der Waals surface area (Å²) in [5.74, 6) is 1.82. The van der Waals surface area contributed by atoms with Crippen molar-refractivity contribution in [3.05, 3.63) is 101 Å². The second-order valence-electron chi connectivity index (χ2n) is 10.4. The van der Waals surface area contributed by atoms with Gasteiger partial charge in [0.2, 0.25) is 0 Å². The van der Waals surface area contributed by atoms with Crippen LogP contribution in [0.25, 0.3) is 5.65 Å². The van der Waals surface area contributed by atoms with Crippen LogP contribution in [-0.4, -0.2) is 31.6 Å². The fraction of sp³-hybridized carbons (Fsp3) is 0.345. The van der Waals surface area contributed by atoms with Gasteiger partial charge in [-0.25, -0.2) is 4.98 Å². The van der Waals surface area contributed by atoms with Gasteiger partial charge in [0.1, 0.15) is 5.65 Å². The van der Waals surface area contributed by atoms with Crippen molar-refractivity contribution in [3.63, 3.8) is 0 Å². The smallest absolute Gasteiger partial charge is 0.254 e. The number of rotatable bonds is 7. The van der Waals surface area contributed by atoms with E-state index >= 15 is 0 Å². The topological polar surface area (TPSA) is 64.2 Å². The predicted octanol–water partition coefficient (Wildman–Crippen LogP) is 4.97. The van der Waals surface area contributed by atoms with E-state index in [-0.39, 0.29) is 5.91 Å². The van der Waals surface area contributed by atoms with Crippen LogP contribution in [0, 0.1) is 11.8 Å². The number of hydrogen-bond donors (Lipinski definition) is 1. The molecule has 4 aliphatic carbocycles. The third-order valence-corrected chi connectivity index (χ3v) is 7.57. The Bertz CT molecular complexity index is 1440. The van der Waals surface area contributed by atoms with Gasteiger partial charge in [0.25, 0.3) is 5.91 Å². The summed E-state index contributed by atoms with van der Waals surface area (Å²) >= 11 is 0. The van der Waals surface area contributed by atoms with Crippen molar-refractivity contribution in [2.24, 2.45) is 11.8 Å². The van der Waals surface area contributed by atoms with Crippen molar-refractivity contribution >= 4 is 11.6 Å². The van der Waals surface area contributed by atoms with E-state index in [2.05, 4.69) is 69.7 Å². The molecule has 1 unspecified atom stereocenters. The summed E-state index contributed by atoms with van der Waals surface area (Å²) in [7, 11) is 0. The molecule has 35 heavy (non-hydrogen) atoms. The van der Waals surface area contributed by atoms with Crippen molar-refractivity contribution in [2.75, 3.05) is 6.54 Å². The summed E-state index contributed by atoms with van der Waals surface area (Å²) in [5, 5.41) is 7.52. The van der Waals surface area contributed by atoms with Crippen molar-refractivity contribution in [2.45, 2.75) is 44.6 Å². The molecule has 3 aromatic rings. The van der Waals surface area contributed by atoms with E-state index in [1.54, 1.807) is 17.1 Å². The number of nitrogens with zero attached hydrogens (tertiary/aromatic N) is 4. The molecule has 1 N–H and O–H groups in total. The Kier molecular flexibility index (Phi) is 4.86. The summed E-state index contributed by atoms with van der Waals surface area (Å²) in [6.07, 6.45) is 25.3. The van der Waals surface area contributed by atoms with Crippen LogP contribution in [0.5, 0.6) is 0 Å². The van der Waals surface area contributed by atoms with Crippen LogP contribution in [-0.2, 0) is 6.54 Å². The zero-order valence-electron chi connectivity index (χ0n) is 19.7. The molecule has 176 valence electrons. The van der Waals surface area contributed by atoms with E-state index in [0.29, 0.717) is 24.6 Å². The third kappa shape index (κ3) is 4.29. The second-order valence-corrected chi connectivity index (χ2v) is 10.4. The lowest BCUT2D eigenvalue weighted by atomic mass is 9.90. The van der Waals surface area contributed by atoms with E-state index in [1.165, 1.54) is 48.0 Å². The molecular weight excluding hydrogens is 434 g/mol. The van der Waals surface area contributed by atoms with Gasteiger partial charge in [-0.15, -0.1) is 0 Å². The normalized spacial score (nSPS) is 21.4. The van der Waals surface area contributed by atoms with Gasteiger partial charge in [0, 0.05) is 25.1 Å². The average Bonchev–Trinajstić information content (AvgIpc) is 3.79. The van der Waals surface area contributed by atoms with Crippen LogP contribution < -0.4 is 5.32 Å². The average molecular weight is 464 g/mol. The maximum atomic E-state index is 12.9. The monoisotopic (exact) mass is 463 g/mol. The van der Waals surface area contributed by atoms with E-state index in [9.17, 15) is 4.79 Å². The van der Waals surface area contributed by atoms with Crippen molar-refractivity contribution in [1.82, 2.24) is 24.5 Å². The van der Waals surface area contributed by atoms with Gasteiger partial charge < -0.3 is 9.72 Å². The first-order chi connectivity index (χ1) is 17.2. The number of carbonyl (C=O) groups is 1. The van der Waals surface area contributed by atoms with E-state index in [4.69, 9.17) is 4.98 Å². The molecule has 0 aliphatic heterocycles. The highest BCUT2D eigenvalue weighted by molar-refractivity contribution is 5.93. The van der Waals surface area contributed by atoms with Crippen molar-refractivity contribution < 1.29 is 4.79 Å². The SMILES string of the molecule is O=C(NCC1=C2C=C(C3CC3)C=CC(C=C1)C2)c1cnn(Cc2cn3cc(C4CC4)ccc3n2)c1. The highest BCUT2D eigenvalue weighted by Gasteiger charge is 2.27. The number of aromatic nitrogens is 4. The van der Waals surface area contributed by atoms with Crippen LogP contribution >= 0.6 is 0 Å². The number of amides is 1. The molecule has 1 atom stereocenters. The summed E-state index contributed by atoms with van der Waals surface area (Å²) in [6, 6.07) is 4.27. The van der Waals surface area contributed by atoms with Gasteiger partial charge in [-0.05, 0) is 78.2 Å². The fourth-order valence-corrected chi connectivity index (χ4v) is 5.22. The van der Waals surface area contributed by atoms with Gasteiger partial charge in [0.15, 0.2) is 0 Å². The minimum absolute atomic E-state index is 0.0953. The lowest BCUT2D eigenvalue weighted by Gasteiger charge is -2.18. The Morgan fingerprint density at radius 3 is 2.74 bits per heavy atom. The molecule has 2 saturated carbocycles. The molecule has 6 heteroatoms. The molecule has 2 bridgehead atoms. The molecule has 2 fully saturated rings. The number of hydrogen-bond acceptors (Lipinski definition) is 3. The number of allylic oxidation sites excluding steroid dienone is 6. The van der Waals surface area contributed by atoms with E-state index in [1.807, 2.05) is 0 Å². The van der Waals surface area contributed by atoms with Crippen molar-refractivity contribution in [3.8, 4) is 0 Å². The maximum Gasteiger partial charge on any atom is 0.254 e. The first-order valence-corrected chi connectivity index (χ1v) is 12.8. The van der Waals surface area contributed by atoms with Crippen LogP contribution in [0.15, 0.2) is 84.0 Å².